The summed E-state index contributed by atoms with van der Waals surface area (Å²) in [5.74, 6) is 1.76. The summed E-state index contributed by atoms with van der Waals surface area (Å²) in [6.07, 6.45) is 3.43. The number of para-hydroxylation sites is 2. The Morgan fingerprint density at radius 1 is 0.769 bits per heavy atom. The molecule has 0 bridgehead atoms. The highest BCUT2D eigenvalue weighted by Gasteiger charge is 2.05. The zero-order valence-electron chi connectivity index (χ0n) is 7.66. The third kappa shape index (κ3) is 2.14. The molecular weight excluding hydrogens is 164 g/mol. The van der Waals surface area contributed by atoms with Gasteiger partial charge in [0.1, 0.15) is 0 Å². The van der Waals surface area contributed by atoms with E-state index in [2.05, 4.69) is 0 Å². The molecule has 1 aromatic rings. The molecule has 0 amide bonds. The van der Waals surface area contributed by atoms with Crippen LogP contribution in [0.15, 0.2) is 24.3 Å². The molecule has 0 N–H and O–H groups in total. The van der Waals surface area contributed by atoms with Gasteiger partial charge in [-0.3, -0.25) is 0 Å². The summed E-state index contributed by atoms with van der Waals surface area (Å²) in [6.45, 7) is 1.61. The molecule has 1 aromatic carbocycles. The van der Waals surface area contributed by atoms with Gasteiger partial charge in [0.15, 0.2) is 11.5 Å². The zero-order chi connectivity index (χ0) is 8.93. The molecule has 70 valence electrons. The molecule has 0 fully saturated rings. The standard InChI is InChI=1S/C11H14O2/c1-4-8-12-10-6-2-3-7-11(10)13-9-5-1/h2-3,6-7H,1,4-5,8-9H2. The van der Waals surface area contributed by atoms with Crippen LogP contribution in [0.3, 0.4) is 0 Å². The van der Waals surface area contributed by atoms with Gasteiger partial charge in [-0.05, 0) is 31.4 Å². The Balaban J connectivity index is 2.17. The number of ether oxygens (including phenoxy) is 2. The highest BCUT2D eigenvalue weighted by molar-refractivity contribution is 5.39. The quantitative estimate of drug-likeness (QED) is 0.608. The fraction of sp³-hybridized carbons (Fsp3) is 0.455. The van der Waals surface area contributed by atoms with Crippen LogP contribution in [0.1, 0.15) is 19.3 Å². The van der Waals surface area contributed by atoms with Gasteiger partial charge in [-0.15, -0.1) is 0 Å². The molecule has 0 unspecified atom stereocenters. The maximum Gasteiger partial charge on any atom is 0.161 e. The number of fused-ring (bicyclic) bond motifs is 1. The van der Waals surface area contributed by atoms with E-state index in [-0.39, 0.29) is 0 Å². The van der Waals surface area contributed by atoms with Crippen molar-refractivity contribution in [2.24, 2.45) is 0 Å². The summed E-state index contributed by atoms with van der Waals surface area (Å²) in [6, 6.07) is 7.86. The topological polar surface area (TPSA) is 18.5 Å². The maximum atomic E-state index is 5.58. The number of hydrogen-bond acceptors (Lipinski definition) is 2. The van der Waals surface area contributed by atoms with Crippen molar-refractivity contribution in [2.45, 2.75) is 19.3 Å². The first-order valence-electron chi connectivity index (χ1n) is 4.81. The van der Waals surface area contributed by atoms with Crippen LogP contribution in [0.4, 0.5) is 0 Å². The first kappa shape index (κ1) is 8.42. The predicted molar refractivity (Wildman–Crippen MR) is 51.3 cm³/mol. The minimum atomic E-state index is 0.806. The van der Waals surface area contributed by atoms with Crippen molar-refractivity contribution in [3.8, 4) is 11.5 Å². The molecule has 2 nitrogen and oxygen atoms in total. The van der Waals surface area contributed by atoms with E-state index in [4.69, 9.17) is 9.47 Å². The fourth-order valence-electron chi connectivity index (χ4n) is 1.43. The smallest absolute Gasteiger partial charge is 0.161 e. The SMILES string of the molecule is c1ccc2c(c1)OCCCCCO2. The molecule has 0 atom stereocenters. The lowest BCUT2D eigenvalue weighted by Gasteiger charge is -2.09. The molecule has 1 aliphatic heterocycles. The third-order valence-corrected chi connectivity index (χ3v) is 2.15. The third-order valence-electron chi connectivity index (χ3n) is 2.15. The first-order valence-corrected chi connectivity index (χ1v) is 4.81. The monoisotopic (exact) mass is 178 g/mol. The lowest BCUT2D eigenvalue weighted by molar-refractivity contribution is 0.288. The van der Waals surface area contributed by atoms with Gasteiger partial charge in [-0.2, -0.15) is 0 Å². The maximum absolute atomic E-state index is 5.58. The minimum Gasteiger partial charge on any atom is -0.490 e. The zero-order valence-corrected chi connectivity index (χ0v) is 7.66. The fourth-order valence-corrected chi connectivity index (χ4v) is 1.43. The molecule has 0 aromatic heterocycles. The highest BCUT2D eigenvalue weighted by Crippen LogP contribution is 2.27. The molecule has 2 rings (SSSR count). The Bertz CT molecular complexity index is 244. The lowest BCUT2D eigenvalue weighted by atomic mass is 10.2. The van der Waals surface area contributed by atoms with E-state index in [9.17, 15) is 0 Å². The molecule has 0 saturated carbocycles. The van der Waals surface area contributed by atoms with Gasteiger partial charge < -0.3 is 9.47 Å². The van der Waals surface area contributed by atoms with Gasteiger partial charge in [0.05, 0.1) is 13.2 Å². The van der Waals surface area contributed by atoms with E-state index >= 15 is 0 Å². The van der Waals surface area contributed by atoms with Crippen molar-refractivity contribution in [2.75, 3.05) is 13.2 Å². The van der Waals surface area contributed by atoms with E-state index in [0.29, 0.717) is 0 Å². The van der Waals surface area contributed by atoms with Crippen LogP contribution in [0.25, 0.3) is 0 Å². The van der Waals surface area contributed by atoms with Gasteiger partial charge in [-0.1, -0.05) is 12.1 Å². The van der Waals surface area contributed by atoms with Crippen LogP contribution < -0.4 is 9.47 Å². The normalized spacial score (nSPS) is 16.9. The summed E-state index contributed by atoms with van der Waals surface area (Å²) in [5.41, 5.74) is 0. The Morgan fingerprint density at radius 2 is 1.31 bits per heavy atom. The van der Waals surface area contributed by atoms with Crippen molar-refractivity contribution >= 4 is 0 Å². The van der Waals surface area contributed by atoms with Gasteiger partial charge in [0, 0.05) is 0 Å². The summed E-state index contributed by atoms with van der Waals surface area (Å²) >= 11 is 0. The molecule has 0 radical (unpaired) electrons. The molecule has 0 saturated heterocycles. The summed E-state index contributed by atoms with van der Waals surface area (Å²) in [4.78, 5) is 0. The van der Waals surface area contributed by atoms with Crippen molar-refractivity contribution in [3.05, 3.63) is 24.3 Å². The lowest BCUT2D eigenvalue weighted by Crippen LogP contribution is -1.97. The molecular formula is C11H14O2. The van der Waals surface area contributed by atoms with E-state index in [1.54, 1.807) is 0 Å². The summed E-state index contributed by atoms with van der Waals surface area (Å²) in [5, 5.41) is 0. The average Bonchev–Trinajstić information content (AvgIpc) is 2.28. The number of hydrogen-bond donors (Lipinski definition) is 0. The van der Waals surface area contributed by atoms with Crippen molar-refractivity contribution in [1.29, 1.82) is 0 Å². The summed E-state index contributed by atoms with van der Waals surface area (Å²) < 4.78 is 11.2. The number of rotatable bonds is 0. The van der Waals surface area contributed by atoms with Crippen molar-refractivity contribution < 1.29 is 9.47 Å². The summed E-state index contributed by atoms with van der Waals surface area (Å²) in [7, 11) is 0. The van der Waals surface area contributed by atoms with Crippen LogP contribution in [-0.2, 0) is 0 Å². The Morgan fingerprint density at radius 3 is 1.85 bits per heavy atom. The van der Waals surface area contributed by atoms with Crippen LogP contribution in [-0.4, -0.2) is 13.2 Å². The minimum absolute atomic E-state index is 0.806. The van der Waals surface area contributed by atoms with Crippen LogP contribution in [0, 0.1) is 0 Å². The van der Waals surface area contributed by atoms with Gasteiger partial charge in [-0.25, -0.2) is 0 Å². The van der Waals surface area contributed by atoms with Crippen molar-refractivity contribution in [1.82, 2.24) is 0 Å². The molecule has 0 aliphatic carbocycles. The second kappa shape index (κ2) is 4.17. The first-order chi connectivity index (χ1) is 6.47. The van der Waals surface area contributed by atoms with E-state index in [1.165, 1.54) is 6.42 Å². The molecule has 2 heteroatoms. The van der Waals surface area contributed by atoms with E-state index in [1.807, 2.05) is 24.3 Å². The Hall–Kier alpha value is -1.18. The van der Waals surface area contributed by atoms with E-state index in [0.717, 1.165) is 37.6 Å². The molecule has 13 heavy (non-hydrogen) atoms. The molecule has 1 aliphatic rings. The number of benzene rings is 1. The second-order valence-electron chi connectivity index (χ2n) is 3.20. The molecule has 0 spiro atoms. The van der Waals surface area contributed by atoms with Crippen LogP contribution >= 0.6 is 0 Å². The van der Waals surface area contributed by atoms with Crippen LogP contribution in [0.5, 0.6) is 11.5 Å². The van der Waals surface area contributed by atoms with Crippen molar-refractivity contribution in [3.63, 3.8) is 0 Å². The molecule has 1 heterocycles. The van der Waals surface area contributed by atoms with Crippen LogP contribution in [0.2, 0.25) is 0 Å². The second-order valence-corrected chi connectivity index (χ2v) is 3.20. The van der Waals surface area contributed by atoms with Gasteiger partial charge >= 0.3 is 0 Å². The average molecular weight is 178 g/mol. The Labute approximate surface area is 78.5 Å². The Kier molecular flexibility index (Phi) is 2.70. The van der Waals surface area contributed by atoms with Gasteiger partial charge in [0.2, 0.25) is 0 Å². The van der Waals surface area contributed by atoms with E-state index < -0.39 is 0 Å². The highest BCUT2D eigenvalue weighted by atomic mass is 16.5. The van der Waals surface area contributed by atoms with Gasteiger partial charge in [0.25, 0.3) is 0 Å². The largest absolute Gasteiger partial charge is 0.490 e. The predicted octanol–water partition coefficient (Wildman–Crippen LogP) is 2.63.